The van der Waals surface area contributed by atoms with Gasteiger partial charge in [-0.15, -0.1) is 16.7 Å². The number of carbonyl (C=O) groups is 1. The van der Waals surface area contributed by atoms with Gasteiger partial charge in [0.25, 0.3) is 0 Å². The van der Waals surface area contributed by atoms with Crippen molar-refractivity contribution in [1.82, 2.24) is 10.2 Å². The molecule has 1 atom stereocenters. The third kappa shape index (κ3) is 1.74. The van der Waals surface area contributed by atoms with Crippen LogP contribution in [0, 0.1) is 3.95 Å². The lowest BCUT2D eigenvalue weighted by molar-refractivity contribution is -0.117. The molecule has 0 aliphatic carbocycles. The molecule has 0 saturated carbocycles. The van der Waals surface area contributed by atoms with Gasteiger partial charge in [-0.25, -0.2) is 0 Å². The number of hydrogen-bond donors (Lipinski definition) is 1. The largest absolute Gasteiger partial charge is 0.285 e. The number of carbonyl (C=O) groups excluding carboxylic acids is 1. The van der Waals surface area contributed by atoms with Crippen LogP contribution in [-0.4, -0.2) is 28.0 Å². The molecule has 0 spiro atoms. The zero-order valence-electron chi connectivity index (χ0n) is 6.49. The maximum absolute atomic E-state index is 11.4. The maximum Gasteiger partial charge on any atom is 0.230 e. The lowest BCUT2D eigenvalue weighted by Crippen LogP contribution is -2.24. The molecule has 1 fully saturated rings. The summed E-state index contributed by atoms with van der Waals surface area (Å²) < 4.78 is 0.570. The summed E-state index contributed by atoms with van der Waals surface area (Å²) in [6.07, 6.45) is 0.383. The minimum absolute atomic E-state index is 0.0118. The third-order valence-corrected chi connectivity index (χ3v) is 3.14. The molecule has 70 valence electrons. The van der Waals surface area contributed by atoms with E-state index in [1.807, 2.05) is 0 Å². The molecule has 1 unspecified atom stereocenters. The van der Waals surface area contributed by atoms with E-state index < -0.39 is 0 Å². The molecule has 1 N–H and O–H groups in total. The number of halogens is 1. The first-order valence-electron chi connectivity index (χ1n) is 3.67. The summed E-state index contributed by atoms with van der Waals surface area (Å²) in [6.45, 7) is 0.524. The molecule has 1 amide bonds. The zero-order chi connectivity index (χ0) is 9.42. The van der Waals surface area contributed by atoms with E-state index in [2.05, 4.69) is 10.2 Å². The Morgan fingerprint density at radius 2 is 2.54 bits per heavy atom. The molecule has 1 aliphatic heterocycles. The van der Waals surface area contributed by atoms with Crippen molar-refractivity contribution < 1.29 is 4.79 Å². The topological polar surface area (TPSA) is 49.0 Å². The number of alkyl halides is 1. The summed E-state index contributed by atoms with van der Waals surface area (Å²) in [4.78, 5) is 12.9. The number of aromatic nitrogens is 2. The number of nitrogens with one attached hydrogen (secondary N) is 1. The van der Waals surface area contributed by atoms with Gasteiger partial charge in [0.1, 0.15) is 0 Å². The van der Waals surface area contributed by atoms with Gasteiger partial charge < -0.3 is 0 Å². The van der Waals surface area contributed by atoms with Gasteiger partial charge in [0, 0.05) is 13.0 Å². The van der Waals surface area contributed by atoms with Crippen molar-refractivity contribution in [2.45, 2.75) is 11.8 Å². The van der Waals surface area contributed by atoms with Crippen molar-refractivity contribution in [3.05, 3.63) is 3.95 Å². The Morgan fingerprint density at radius 1 is 1.77 bits per heavy atom. The SMILES string of the molecule is O=C1CC(Cl)CN1c1n[nH]c(=S)s1. The Kier molecular flexibility index (Phi) is 2.35. The van der Waals surface area contributed by atoms with Crippen LogP contribution in [0.25, 0.3) is 0 Å². The van der Waals surface area contributed by atoms with E-state index >= 15 is 0 Å². The number of nitrogens with zero attached hydrogens (tertiary/aromatic N) is 2. The molecule has 2 rings (SSSR count). The Hall–Kier alpha value is -0.460. The third-order valence-electron chi connectivity index (χ3n) is 1.74. The highest BCUT2D eigenvalue weighted by Crippen LogP contribution is 2.25. The van der Waals surface area contributed by atoms with E-state index in [-0.39, 0.29) is 11.3 Å². The molecule has 1 aliphatic rings. The van der Waals surface area contributed by atoms with Gasteiger partial charge in [-0.2, -0.15) is 0 Å². The van der Waals surface area contributed by atoms with Gasteiger partial charge in [0.05, 0.1) is 5.38 Å². The fraction of sp³-hybridized carbons (Fsp3) is 0.500. The lowest BCUT2D eigenvalue weighted by atomic mass is 10.4. The van der Waals surface area contributed by atoms with E-state index in [0.29, 0.717) is 22.1 Å². The number of H-pyrrole nitrogens is 1. The summed E-state index contributed by atoms with van der Waals surface area (Å²) in [5.41, 5.74) is 0. The van der Waals surface area contributed by atoms with E-state index in [1.165, 1.54) is 11.3 Å². The number of aromatic amines is 1. The second-order valence-electron chi connectivity index (χ2n) is 2.70. The minimum Gasteiger partial charge on any atom is -0.285 e. The van der Waals surface area contributed by atoms with Crippen LogP contribution >= 0.6 is 35.2 Å². The first-order valence-corrected chi connectivity index (χ1v) is 5.33. The van der Waals surface area contributed by atoms with Crippen molar-refractivity contribution in [1.29, 1.82) is 0 Å². The van der Waals surface area contributed by atoms with E-state index in [4.69, 9.17) is 23.8 Å². The van der Waals surface area contributed by atoms with E-state index in [1.54, 1.807) is 4.90 Å². The minimum atomic E-state index is -0.107. The van der Waals surface area contributed by atoms with Gasteiger partial charge in [-0.3, -0.25) is 14.8 Å². The Bertz CT molecular complexity index is 387. The molecule has 0 aromatic carbocycles. The van der Waals surface area contributed by atoms with Gasteiger partial charge in [-0.05, 0) is 12.2 Å². The van der Waals surface area contributed by atoms with Crippen molar-refractivity contribution >= 4 is 46.2 Å². The lowest BCUT2D eigenvalue weighted by Gasteiger charge is -2.09. The maximum atomic E-state index is 11.4. The molecule has 7 heteroatoms. The standard InChI is InChI=1S/C6H6ClN3OS2/c7-3-1-4(11)10(2-3)5-8-9-6(12)13-5/h3H,1-2H2,(H,9,12). The molecule has 1 aromatic rings. The molecule has 1 saturated heterocycles. The van der Waals surface area contributed by atoms with Crippen LogP contribution in [0.15, 0.2) is 0 Å². The van der Waals surface area contributed by atoms with Crippen molar-refractivity contribution in [2.24, 2.45) is 0 Å². The number of amides is 1. The van der Waals surface area contributed by atoms with Crippen LogP contribution in [0.2, 0.25) is 0 Å². The summed E-state index contributed by atoms with van der Waals surface area (Å²) in [7, 11) is 0. The molecular weight excluding hydrogens is 230 g/mol. The van der Waals surface area contributed by atoms with Gasteiger partial charge in [-0.1, -0.05) is 11.3 Å². The Morgan fingerprint density at radius 3 is 3.00 bits per heavy atom. The van der Waals surface area contributed by atoms with Crippen LogP contribution in [0.3, 0.4) is 0 Å². The summed E-state index contributed by atoms with van der Waals surface area (Å²) in [5, 5.41) is 7.05. The average molecular weight is 236 g/mol. The van der Waals surface area contributed by atoms with Gasteiger partial charge in [0.2, 0.25) is 11.0 Å². The fourth-order valence-corrected chi connectivity index (χ4v) is 2.36. The average Bonchev–Trinajstić information content (AvgIpc) is 2.58. The monoisotopic (exact) mass is 235 g/mol. The van der Waals surface area contributed by atoms with Crippen molar-refractivity contribution in [2.75, 3.05) is 11.4 Å². The quantitative estimate of drug-likeness (QED) is 0.594. The summed E-state index contributed by atoms with van der Waals surface area (Å²) >= 11 is 12.0. The highest BCUT2D eigenvalue weighted by Gasteiger charge is 2.30. The van der Waals surface area contributed by atoms with Crippen LogP contribution in [0.5, 0.6) is 0 Å². The van der Waals surface area contributed by atoms with Crippen LogP contribution in [0.4, 0.5) is 5.13 Å². The number of anilines is 1. The molecule has 0 bridgehead atoms. The second-order valence-corrected chi connectivity index (χ2v) is 4.96. The number of hydrogen-bond acceptors (Lipinski definition) is 4. The number of rotatable bonds is 1. The fourth-order valence-electron chi connectivity index (χ4n) is 1.19. The smallest absolute Gasteiger partial charge is 0.230 e. The first kappa shape index (κ1) is 9.11. The van der Waals surface area contributed by atoms with Crippen LogP contribution in [0.1, 0.15) is 6.42 Å². The van der Waals surface area contributed by atoms with Crippen molar-refractivity contribution in [3.8, 4) is 0 Å². The summed E-state index contributed by atoms with van der Waals surface area (Å²) in [6, 6.07) is 0. The van der Waals surface area contributed by atoms with Gasteiger partial charge >= 0.3 is 0 Å². The van der Waals surface area contributed by atoms with Crippen molar-refractivity contribution in [3.63, 3.8) is 0 Å². The predicted octanol–water partition coefficient (Wildman–Crippen LogP) is 1.54. The molecule has 13 heavy (non-hydrogen) atoms. The van der Waals surface area contributed by atoms with E-state index in [9.17, 15) is 4.79 Å². The molecular formula is C6H6ClN3OS2. The van der Waals surface area contributed by atoms with Gasteiger partial charge in [0.15, 0.2) is 3.95 Å². The summed E-state index contributed by atoms with van der Waals surface area (Å²) in [5.74, 6) is 0.0118. The predicted molar refractivity (Wildman–Crippen MR) is 53.9 cm³/mol. The molecule has 4 nitrogen and oxygen atoms in total. The highest BCUT2D eigenvalue weighted by molar-refractivity contribution is 7.73. The second kappa shape index (κ2) is 3.36. The highest BCUT2D eigenvalue weighted by atomic mass is 35.5. The zero-order valence-corrected chi connectivity index (χ0v) is 8.88. The Balaban J connectivity index is 2.27. The Labute approximate surface area is 88.5 Å². The molecule has 0 radical (unpaired) electrons. The van der Waals surface area contributed by atoms with Crippen LogP contribution < -0.4 is 4.90 Å². The molecule has 2 heterocycles. The first-order chi connectivity index (χ1) is 6.16. The molecule has 1 aromatic heterocycles. The van der Waals surface area contributed by atoms with E-state index in [0.717, 1.165) is 0 Å². The van der Waals surface area contributed by atoms with Crippen LogP contribution in [-0.2, 0) is 4.79 Å². The normalized spacial score (nSPS) is 22.7.